The molecule has 2 heterocycles. The summed E-state index contributed by atoms with van der Waals surface area (Å²) in [6, 6.07) is 0.609. The third-order valence-electron chi connectivity index (χ3n) is 4.59. The van der Waals surface area contributed by atoms with Crippen LogP contribution in [0.5, 0.6) is 0 Å². The standard InChI is InChI=1S/C14H22BN3O2/c1-13(2)14(3,4)20-15(19-13)10-8-16-12(17-9-10)18(5)11-6-7-11/h8-9,11H,6-7H2,1-5H3. The van der Waals surface area contributed by atoms with Gasteiger partial charge in [-0.25, -0.2) is 9.97 Å². The first-order chi connectivity index (χ1) is 9.30. The van der Waals surface area contributed by atoms with Gasteiger partial charge in [0.05, 0.1) is 11.2 Å². The average Bonchev–Trinajstić information content (AvgIpc) is 3.17. The minimum atomic E-state index is -0.389. The van der Waals surface area contributed by atoms with Crippen LogP contribution in [-0.2, 0) is 9.31 Å². The summed E-state index contributed by atoms with van der Waals surface area (Å²) in [5.74, 6) is 0.771. The highest BCUT2D eigenvalue weighted by Gasteiger charge is 2.52. The van der Waals surface area contributed by atoms with Crippen molar-refractivity contribution in [3.05, 3.63) is 12.4 Å². The Labute approximate surface area is 120 Å². The van der Waals surface area contributed by atoms with Gasteiger partial charge in [-0.2, -0.15) is 0 Å². The smallest absolute Gasteiger partial charge is 0.399 e. The topological polar surface area (TPSA) is 47.5 Å². The fraction of sp³-hybridized carbons (Fsp3) is 0.714. The molecule has 20 heavy (non-hydrogen) atoms. The summed E-state index contributed by atoms with van der Waals surface area (Å²) in [6.45, 7) is 8.18. The van der Waals surface area contributed by atoms with E-state index in [1.807, 2.05) is 47.1 Å². The third-order valence-corrected chi connectivity index (χ3v) is 4.59. The van der Waals surface area contributed by atoms with Crippen molar-refractivity contribution >= 4 is 18.5 Å². The third kappa shape index (κ3) is 2.31. The van der Waals surface area contributed by atoms with Crippen LogP contribution in [0.25, 0.3) is 0 Å². The van der Waals surface area contributed by atoms with Gasteiger partial charge in [0.1, 0.15) is 0 Å². The van der Waals surface area contributed by atoms with Crippen molar-refractivity contribution < 1.29 is 9.31 Å². The van der Waals surface area contributed by atoms with Gasteiger partial charge in [0.25, 0.3) is 0 Å². The van der Waals surface area contributed by atoms with E-state index in [1.165, 1.54) is 12.8 Å². The van der Waals surface area contributed by atoms with E-state index in [2.05, 4.69) is 14.9 Å². The maximum Gasteiger partial charge on any atom is 0.498 e. The number of hydrogen-bond acceptors (Lipinski definition) is 5. The maximum absolute atomic E-state index is 5.99. The summed E-state index contributed by atoms with van der Waals surface area (Å²) >= 11 is 0. The molecule has 1 saturated heterocycles. The first-order valence-electron chi connectivity index (χ1n) is 7.20. The Morgan fingerprint density at radius 1 is 1.10 bits per heavy atom. The van der Waals surface area contributed by atoms with Crippen LogP contribution in [0.4, 0.5) is 5.95 Å². The molecule has 1 aliphatic heterocycles. The number of rotatable bonds is 3. The van der Waals surface area contributed by atoms with E-state index >= 15 is 0 Å². The summed E-state index contributed by atoms with van der Waals surface area (Å²) < 4.78 is 12.0. The summed E-state index contributed by atoms with van der Waals surface area (Å²) in [5.41, 5.74) is 0.207. The maximum atomic E-state index is 5.99. The number of hydrogen-bond donors (Lipinski definition) is 0. The summed E-state index contributed by atoms with van der Waals surface area (Å²) in [7, 11) is 1.65. The summed E-state index contributed by atoms with van der Waals surface area (Å²) in [6.07, 6.45) is 6.09. The fourth-order valence-electron chi connectivity index (χ4n) is 2.24. The Bertz CT molecular complexity index is 484. The highest BCUT2D eigenvalue weighted by molar-refractivity contribution is 6.61. The lowest BCUT2D eigenvalue weighted by atomic mass is 9.81. The van der Waals surface area contributed by atoms with Gasteiger partial charge in [-0.1, -0.05) is 0 Å². The van der Waals surface area contributed by atoms with E-state index in [-0.39, 0.29) is 18.3 Å². The monoisotopic (exact) mass is 275 g/mol. The van der Waals surface area contributed by atoms with Gasteiger partial charge in [0.15, 0.2) is 0 Å². The number of nitrogens with zero attached hydrogens (tertiary/aromatic N) is 3. The van der Waals surface area contributed by atoms with E-state index in [0.717, 1.165) is 11.4 Å². The zero-order valence-corrected chi connectivity index (χ0v) is 12.9. The Kier molecular flexibility index (Phi) is 3.06. The van der Waals surface area contributed by atoms with Crippen LogP contribution in [0.2, 0.25) is 0 Å². The Morgan fingerprint density at radius 3 is 2.05 bits per heavy atom. The molecule has 0 aromatic carbocycles. The number of aromatic nitrogens is 2. The minimum Gasteiger partial charge on any atom is -0.399 e. The summed E-state index contributed by atoms with van der Waals surface area (Å²) in [5, 5.41) is 0. The zero-order chi connectivity index (χ0) is 14.5. The molecule has 0 atom stereocenters. The van der Waals surface area contributed by atoms with Gasteiger partial charge in [-0.05, 0) is 40.5 Å². The second-order valence-corrected chi connectivity index (χ2v) is 6.75. The van der Waals surface area contributed by atoms with Crippen molar-refractivity contribution in [1.29, 1.82) is 0 Å². The molecule has 0 radical (unpaired) electrons. The SMILES string of the molecule is CN(c1ncc(B2OC(C)(C)C(C)(C)O2)cn1)C1CC1. The molecular weight excluding hydrogens is 253 g/mol. The van der Waals surface area contributed by atoms with Crippen LogP contribution in [-0.4, -0.2) is 41.4 Å². The van der Waals surface area contributed by atoms with E-state index in [0.29, 0.717) is 6.04 Å². The van der Waals surface area contributed by atoms with Crippen molar-refractivity contribution in [2.75, 3.05) is 11.9 Å². The molecule has 1 aromatic rings. The van der Waals surface area contributed by atoms with Crippen molar-refractivity contribution in [3.8, 4) is 0 Å². The first kappa shape index (κ1) is 13.8. The van der Waals surface area contributed by atoms with Gasteiger partial charge in [0, 0.05) is 30.9 Å². The molecule has 0 amide bonds. The average molecular weight is 275 g/mol. The molecular formula is C14H22BN3O2. The molecule has 2 aliphatic rings. The second kappa shape index (κ2) is 4.43. The normalized spacial score (nSPS) is 23.9. The van der Waals surface area contributed by atoms with Crippen LogP contribution in [0.1, 0.15) is 40.5 Å². The zero-order valence-electron chi connectivity index (χ0n) is 12.9. The highest BCUT2D eigenvalue weighted by Crippen LogP contribution is 2.36. The minimum absolute atomic E-state index is 0.332. The lowest BCUT2D eigenvalue weighted by Gasteiger charge is -2.32. The van der Waals surface area contributed by atoms with Crippen molar-refractivity contribution in [2.45, 2.75) is 57.8 Å². The van der Waals surface area contributed by atoms with E-state index in [4.69, 9.17) is 9.31 Å². The van der Waals surface area contributed by atoms with Crippen LogP contribution < -0.4 is 10.4 Å². The first-order valence-corrected chi connectivity index (χ1v) is 7.20. The second-order valence-electron chi connectivity index (χ2n) is 6.75. The van der Waals surface area contributed by atoms with Gasteiger partial charge < -0.3 is 14.2 Å². The Morgan fingerprint density at radius 2 is 1.60 bits per heavy atom. The Balaban J connectivity index is 1.75. The molecule has 1 aromatic heterocycles. The van der Waals surface area contributed by atoms with Gasteiger partial charge in [-0.15, -0.1) is 0 Å². The lowest BCUT2D eigenvalue weighted by Crippen LogP contribution is -2.41. The van der Waals surface area contributed by atoms with Gasteiger partial charge >= 0.3 is 7.12 Å². The molecule has 0 N–H and O–H groups in total. The van der Waals surface area contributed by atoms with Crippen LogP contribution in [0.15, 0.2) is 12.4 Å². The van der Waals surface area contributed by atoms with E-state index in [9.17, 15) is 0 Å². The van der Waals surface area contributed by atoms with E-state index < -0.39 is 0 Å². The molecule has 108 valence electrons. The van der Waals surface area contributed by atoms with Crippen LogP contribution in [0.3, 0.4) is 0 Å². The Hall–Kier alpha value is -1.14. The lowest BCUT2D eigenvalue weighted by molar-refractivity contribution is 0.00578. The molecule has 1 saturated carbocycles. The van der Waals surface area contributed by atoms with E-state index in [1.54, 1.807) is 0 Å². The van der Waals surface area contributed by atoms with Crippen LogP contribution >= 0.6 is 0 Å². The molecule has 2 fully saturated rings. The summed E-state index contributed by atoms with van der Waals surface area (Å²) in [4.78, 5) is 11.0. The van der Waals surface area contributed by atoms with Crippen molar-refractivity contribution in [1.82, 2.24) is 9.97 Å². The van der Waals surface area contributed by atoms with Gasteiger partial charge in [0.2, 0.25) is 5.95 Å². The molecule has 6 heteroatoms. The highest BCUT2D eigenvalue weighted by atomic mass is 16.7. The molecule has 0 bridgehead atoms. The predicted molar refractivity (Wildman–Crippen MR) is 79.2 cm³/mol. The van der Waals surface area contributed by atoms with Gasteiger partial charge in [-0.3, -0.25) is 0 Å². The van der Waals surface area contributed by atoms with Crippen molar-refractivity contribution in [2.24, 2.45) is 0 Å². The quantitative estimate of drug-likeness (QED) is 0.780. The molecule has 0 unspecified atom stereocenters. The fourth-order valence-corrected chi connectivity index (χ4v) is 2.24. The molecule has 5 nitrogen and oxygen atoms in total. The van der Waals surface area contributed by atoms with Crippen molar-refractivity contribution in [3.63, 3.8) is 0 Å². The molecule has 1 aliphatic carbocycles. The largest absolute Gasteiger partial charge is 0.498 e. The molecule has 0 spiro atoms. The molecule has 3 rings (SSSR count). The predicted octanol–water partition coefficient (Wildman–Crippen LogP) is 1.37. The van der Waals surface area contributed by atoms with Crippen LogP contribution in [0, 0.1) is 0 Å². The number of anilines is 1.